The summed E-state index contributed by atoms with van der Waals surface area (Å²) in [6, 6.07) is -0.906. The van der Waals surface area contributed by atoms with Gasteiger partial charge in [-0.2, -0.15) is 0 Å². The second-order valence-corrected chi connectivity index (χ2v) is 16.9. The van der Waals surface area contributed by atoms with Crippen molar-refractivity contribution in [2.45, 2.75) is 248 Å². The van der Waals surface area contributed by atoms with Gasteiger partial charge in [-0.3, -0.25) is 4.79 Å². The number of nitrogens with one attached hydrogen (secondary N) is 1. The Balaban J connectivity index is 1.90. The minimum absolute atomic E-state index is 0.241. The van der Waals surface area contributed by atoms with Gasteiger partial charge in [0.2, 0.25) is 5.91 Å². The lowest BCUT2D eigenvalue weighted by atomic mass is 9.97. The van der Waals surface area contributed by atoms with E-state index < -0.39 is 86.8 Å². The number of hydrogen-bond donors (Lipinski definition) is 9. The highest BCUT2D eigenvalue weighted by atomic mass is 16.7. The molecule has 2 heterocycles. The van der Waals surface area contributed by atoms with Crippen molar-refractivity contribution in [3.8, 4) is 0 Å². The molecule has 348 valence electrons. The van der Waals surface area contributed by atoms with Crippen LogP contribution in [0.3, 0.4) is 0 Å². The summed E-state index contributed by atoms with van der Waals surface area (Å²) in [5.74, 6) is -0.241. The van der Waals surface area contributed by atoms with Crippen LogP contribution < -0.4 is 5.32 Å². The maximum Gasteiger partial charge on any atom is 0.220 e. The number of hydrogen-bond acceptors (Lipinski definition) is 13. The van der Waals surface area contributed by atoms with E-state index in [4.69, 9.17) is 18.9 Å². The van der Waals surface area contributed by atoms with Crippen molar-refractivity contribution in [2.75, 3.05) is 19.8 Å². The zero-order valence-corrected chi connectivity index (χ0v) is 36.5. The van der Waals surface area contributed by atoms with Crippen LogP contribution in [0.25, 0.3) is 0 Å². The van der Waals surface area contributed by atoms with Crippen LogP contribution in [0.15, 0.2) is 12.2 Å². The molecule has 2 saturated heterocycles. The lowest BCUT2D eigenvalue weighted by Crippen LogP contribution is -2.65. The molecule has 0 bridgehead atoms. The van der Waals surface area contributed by atoms with Gasteiger partial charge in [-0.15, -0.1) is 0 Å². The molecular weight excluding hydrogens is 762 g/mol. The molecule has 59 heavy (non-hydrogen) atoms. The smallest absolute Gasteiger partial charge is 0.220 e. The first-order chi connectivity index (χ1) is 28.6. The molecule has 2 aliphatic rings. The Hall–Kier alpha value is -1.27. The van der Waals surface area contributed by atoms with Crippen molar-refractivity contribution in [2.24, 2.45) is 0 Å². The Bertz CT molecular complexity index is 1050. The van der Waals surface area contributed by atoms with Crippen molar-refractivity contribution in [3.05, 3.63) is 12.2 Å². The van der Waals surface area contributed by atoms with E-state index in [9.17, 15) is 45.6 Å². The summed E-state index contributed by atoms with van der Waals surface area (Å²) in [7, 11) is 0. The maximum atomic E-state index is 13.1. The number of rotatable bonds is 35. The lowest BCUT2D eigenvalue weighted by molar-refractivity contribution is -0.359. The van der Waals surface area contributed by atoms with Gasteiger partial charge >= 0.3 is 0 Å². The highest BCUT2D eigenvalue weighted by Crippen LogP contribution is 2.30. The molecule has 0 spiro atoms. The minimum Gasteiger partial charge on any atom is -0.394 e. The van der Waals surface area contributed by atoms with Crippen molar-refractivity contribution >= 4 is 5.91 Å². The summed E-state index contributed by atoms with van der Waals surface area (Å²) < 4.78 is 22.6. The second kappa shape index (κ2) is 33.3. The summed E-state index contributed by atoms with van der Waals surface area (Å²) >= 11 is 0. The zero-order valence-electron chi connectivity index (χ0n) is 36.5. The fourth-order valence-corrected chi connectivity index (χ4v) is 7.82. The van der Waals surface area contributed by atoms with Crippen molar-refractivity contribution in [1.82, 2.24) is 5.32 Å². The van der Waals surface area contributed by atoms with Gasteiger partial charge in [-0.25, -0.2) is 0 Å². The molecule has 0 aromatic heterocycles. The Morgan fingerprint density at radius 1 is 0.593 bits per heavy atom. The third kappa shape index (κ3) is 21.6. The third-order valence-corrected chi connectivity index (χ3v) is 11.7. The molecule has 0 aromatic rings. The van der Waals surface area contributed by atoms with Crippen LogP contribution >= 0.6 is 0 Å². The number of amides is 1. The predicted octanol–water partition coefficient (Wildman–Crippen LogP) is 4.82. The van der Waals surface area contributed by atoms with Crippen molar-refractivity contribution in [1.29, 1.82) is 0 Å². The second-order valence-electron chi connectivity index (χ2n) is 16.9. The fourth-order valence-electron chi connectivity index (χ4n) is 7.82. The molecule has 9 N–H and O–H groups in total. The van der Waals surface area contributed by atoms with Crippen LogP contribution in [0.2, 0.25) is 0 Å². The molecule has 4 unspecified atom stereocenters. The summed E-state index contributed by atoms with van der Waals surface area (Å²) in [6.07, 6.45) is 15.4. The largest absolute Gasteiger partial charge is 0.394 e. The molecular formula is C45H85NO13. The predicted molar refractivity (Wildman–Crippen MR) is 226 cm³/mol. The summed E-state index contributed by atoms with van der Waals surface area (Å²) in [6.45, 7) is 2.76. The number of allylic oxidation sites excluding steroid dienone is 1. The van der Waals surface area contributed by atoms with Gasteiger partial charge in [0, 0.05) is 6.42 Å². The Kier molecular flexibility index (Phi) is 30.4. The molecule has 14 heteroatoms. The molecule has 0 aliphatic carbocycles. The summed E-state index contributed by atoms with van der Waals surface area (Å²) in [5.41, 5.74) is 0. The van der Waals surface area contributed by atoms with E-state index in [0.717, 1.165) is 38.5 Å². The summed E-state index contributed by atoms with van der Waals surface area (Å²) in [5, 5.41) is 86.4. The SMILES string of the molecule is CCCCCCCCCCCCCC/C=C/[C@@H](O)[C@H](CO[C@@H]1O[C@H](CO)[C@@H](O[C@@H]2O[C@H](CO)[C@H](O)C(O)C2O)C(O)C1O)NC(=O)CCCCCCCCCCCCC. The molecule has 1 amide bonds. The van der Waals surface area contributed by atoms with Gasteiger partial charge in [-0.1, -0.05) is 161 Å². The van der Waals surface area contributed by atoms with E-state index in [0.29, 0.717) is 6.42 Å². The topological polar surface area (TPSA) is 228 Å². The van der Waals surface area contributed by atoms with E-state index in [2.05, 4.69) is 19.2 Å². The van der Waals surface area contributed by atoms with Gasteiger partial charge in [-0.05, 0) is 19.3 Å². The molecule has 0 aromatic carbocycles. The molecule has 0 radical (unpaired) electrons. The molecule has 0 saturated carbocycles. The van der Waals surface area contributed by atoms with Gasteiger partial charge < -0.3 is 65.1 Å². The highest BCUT2D eigenvalue weighted by molar-refractivity contribution is 5.76. The normalized spacial score (nSPS) is 28.6. The molecule has 14 nitrogen and oxygen atoms in total. The van der Waals surface area contributed by atoms with E-state index in [1.54, 1.807) is 6.08 Å². The highest BCUT2D eigenvalue weighted by Gasteiger charge is 2.50. The van der Waals surface area contributed by atoms with Crippen LogP contribution in [0.1, 0.15) is 174 Å². The van der Waals surface area contributed by atoms with E-state index in [1.165, 1.54) is 109 Å². The average Bonchev–Trinajstić information content (AvgIpc) is 3.23. The van der Waals surface area contributed by atoms with Crippen molar-refractivity contribution in [3.63, 3.8) is 0 Å². The Labute approximate surface area is 355 Å². The van der Waals surface area contributed by atoms with Crippen molar-refractivity contribution < 1.29 is 64.6 Å². The summed E-state index contributed by atoms with van der Waals surface area (Å²) in [4.78, 5) is 13.1. The monoisotopic (exact) mass is 848 g/mol. The van der Waals surface area contributed by atoms with Crippen LogP contribution in [0.5, 0.6) is 0 Å². The molecule has 2 aliphatic heterocycles. The first-order valence-corrected chi connectivity index (χ1v) is 23.4. The standard InChI is InChI=1S/C45H85NO13/c1-3-5-7-9-11-13-15-16-17-19-20-22-24-26-28-34(49)33(46-37(50)29-27-25-23-21-18-14-12-10-8-6-4-2)32-56-44-42(55)40(53)43(36(31-48)58-44)59-45-41(54)39(52)38(51)35(30-47)57-45/h26,28,33-36,38-45,47-49,51-55H,3-25,27,29-32H2,1-2H3,(H,46,50)/b28-26+/t33-,34+,35+,36+,38-,39?,40?,41?,42?,43+,44+,45-/m0/s1. The van der Waals surface area contributed by atoms with E-state index in [1.807, 2.05) is 6.08 Å². The number of ether oxygens (including phenoxy) is 4. The van der Waals surface area contributed by atoms with Crippen LogP contribution in [-0.2, 0) is 23.7 Å². The third-order valence-electron chi connectivity index (χ3n) is 11.7. The Morgan fingerprint density at radius 3 is 1.56 bits per heavy atom. The maximum absolute atomic E-state index is 13.1. The van der Waals surface area contributed by atoms with E-state index >= 15 is 0 Å². The molecule has 12 atom stereocenters. The van der Waals surface area contributed by atoms with Crippen LogP contribution in [0.4, 0.5) is 0 Å². The quantitative estimate of drug-likeness (QED) is 0.0308. The number of aliphatic hydroxyl groups excluding tert-OH is 8. The fraction of sp³-hybridized carbons (Fsp3) is 0.933. The van der Waals surface area contributed by atoms with Gasteiger partial charge in [0.05, 0.1) is 32.0 Å². The number of carbonyl (C=O) groups is 1. The Morgan fingerprint density at radius 2 is 1.05 bits per heavy atom. The number of carbonyl (C=O) groups excluding carboxylic acids is 1. The average molecular weight is 848 g/mol. The molecule has 2 fully saturated rings. The minimum atomic E-state index is -1.78. The number of aliphatic hydroxyl groups is 8. The van der Waals surface area contributed by atoms with Crippen LogP contribution in [0, 0.1) is 0 Å². The van der Waals surface area contributed by atoms with Crippen LogP contribution in [-0.4, -0.2) is 140 Å². The zero-order chi connectivity index (χ0) is 43.3. The van der Waals surface area contributed by atoms with Gasteiger partial charge in [0.1, 0.15) is 48.8 Å². The van der Waals surface area contributed by atoms with Gasteiger partial charge in [0.25, 0.3) is 0 Å². The van der Waals surface area contributed by atoms with E-state index in [-0.39, 0.29) is 18.9 Å². The first kappa shape index (κ1) is 53.9. The molecule has 2 rings (SSSR count). The lowest BCUT2D eigenvalue weighted by Gasteiger charge is -2.46. The van der Waals surface area contributed by atoms with Gasteiger partial charge in [0.15, 0.2) is 12.6 Å². The first-order valence-electron chi connectivity index (χ1n) is 23.4. The number of unbranched alkanes of at least 4 members (excludes halogenated alkanes) is 22.